The van der Waals surface area contributed by atoms with E-state index >= 15 is 0 Å². The predicted molar refractivity (Wildman–Crippen MR) is 111 cm³/mol. The van der Waals surface area contributed by atoms with Crippen molar-refractivity contribution < 1.29 is 19.1 Å². The Morgan fingerprint density at radius 2 is 1.75 bits per heavy atom. The quantitative estimate of drug-likeness (QED) is 0.317. The first-order valence-corrected chi connectivity index (χ1v) is 9.75. The third-order valence-electron chi connectivity index (χ3n) is 3.17. The molecule has 0 unspecified atom stereocenters. The summed E-state index contributed by atoms with van der Waals surface area (Å²) in [5.74, 6) is 0.238. The number of hydrazone groups is 1. The summed E-state index contributed by atoms with van der Waals surface area (Å²) in [5.41, 5.74) is 2.75. The number of hydrogen-bond acceptors (Lipinski definition) is 6. The maximum Gasteiger partial charge on any atom is 0.344 e. The van der Waals surface area contributed by atoms with Gasteiger partial charge in [0.05, 0.1) is 12.0 Å². The van der Waals surface area contributed by atoms with E-state index in [-0.39, 0.29) is 12.5 Å². The molecule has 0 aliphatic rings. The van der Waals surface area contributed by atoms with Crippen molar-refractivity contribution in [2.45, 2.75) is 31.3 Å². The van der Waals surface area contributed by atoms with Crippen LogP contribution in [0.5, 0.6) is 5.75 Å². The van der Waals surface area contributed by atoms with Crippen LogP contribution >= 0.6 is 11.8 Å². The second kappa shape index (κ2) is 10.5. The van der Waals surface area contributed by atoms with Crippen molar-refractivity contribution in [2.75, 3.05) is 12.4 Å². The van der Waals surface area contributed by atoms with Crippen LogP contribution < -0.4 is 10.2 Å². The van der Waals surface area contributed by atoms with Crippen LogP contribution in [0.1, 0.15) is 26.3 Å². The summed E-state index contributed by atoms with van der Waals surface area (Å²) in [4.78, 5) is 24.5. The average molecular weight is 401 g/mol. The SMILES string of the molecule is CC(C)(C)OC(=O)COc1ccc(/C=N\NC(=O)CSc2ccccc2)cc1. The molecule has 0 aliphatic carbocycles. The Labute approximate surface area is 169 Å². The van der Waals surface area contributed by atoms with Crippen LogP contribution in [0.25, 0.3) is 0 Å². The maximum atomic E-state index is 11.8. The molecule has 0 aliphatic heterocycles. The van der Waals surface area contributed by atoms with Crippen LogP contribution in [-0.4, -0.2) is 36.1 Å². The molecule has 0 fully saturated rings. The van der Waals surface area contributed by atoms with E-state index in [1.54, 1.807) is 51.3 Å². The third-order valence-corrected chi connectivity index (χ3v) is 4.18. The molecule has 0 saturated heterocycles. The summed E-state index contributed by atoms with van der Waals surface area (Å²) in [6, 6.07) is 16.7. The maximum absolute atomic E-state index is 11.8. The van der Waals surface area contributed by atoms with Gasteiger partial charge < -0.3 is 9.47 Å². The number of esters is 1. The summed E-state index contributed by atoms with van der Waals surface area (Å²) >= 11 is 1.45. The Hall–Kier alpha value is -2.80. The molecular weight excluding hydrogens is 376 g/mol. The molecule has 6 nitrogen and oxygen atoms in total. The Morgan fingerprint density at radius 3 is 2.39 bits per heavy atom. The van der Waals surface area contributed by atoms with Crippen LogP contribution in [-0.2, 0) is 14.3 Å². The minimum Gasteiger partial charge on any atom is -0.482 e. The molecule has 2 aromatic rings. The molecule has 0 atom stereocenters. The van der Waals surface area contributed by atoms with Gasteiger partial charge >= 0.3 is 5.97 Å². The van der Waals surface area contributed by atoms with Gasteiger partial charge in [-0.15, -0.1) is 11.8 Å². The Bertz CT molecular complexity index is 799. The first-order chi connectivity index (χ1) is 13.3. The zero-order chi connectivity index (χ0) is 20.4. The zero-order valence-electron chi connectivity index (χ0n) is 16.2. The summed E-state index contributed by atoms with van der Waals surface area (Å²) in [6.07, 6.45) is 1.54. The van der Waals surface area contributed by atoms with Crippen LogP contribution in [0.2, 0.25) is 0 Å². The number of carbonyl (C=O) groups excluding carboxylic acids is 2. The number of carbonyl (C=O) groups is 2. The van der Waals surface area contributed by atoms with Gasteiger partial charge in [-0.1, -0.05) is 18.2 Å². The molecule has 0 heterocycles. The van der Waals surface area contributed by atoms with Crippen LogP contribution in [0.4, 0.5) is 0 Å². The Kier molecular flexibility index (Phi) is 8.07. The third kappa shape index (κ3) is 8.73. The monoisotopic (exact) mass is 400 g/mol. The van der Waals surface area contributed by atoms with Gasteiger partial charge in [0.25, 0.3) is 0 Å². The van der Waals surface area contributed by atoms with Gasteiger partial charge in [0.15, 0.2) is 6.61 Å². The van der Waals surface area contributed by atoms with Gasteiger partial charge in [-0.05, 0) is 62.7 Å². The number of amides is 1. The number of benzene rings is 2. The largest absolute Gasteiger partial charge is 0.482 e. The Balaban J connectivity index is 1.72. The number of nitrogens with zero attached hydrogens (tertiary/aromatic N) is 1. The minimum absolute atomic E-state index is 0.153. The first kappa shape index (κ1) is 21.5. The molecule has 148 valence electrons. The van der Waals surface area contributed by atoms with Gasteiger partial charge in [-0.2, -0.15) is 5.10 Å². The van der Waals surface area contributed by atoms with Gasteiger partial charge in [0.1, 0.15) is 11.4 Å². The topological polar surface area (TPSA) is 77.0 Å². The highest BCUT2D eigenvalue weighted by atomic mass is 32.2. The van der Waals surface area contributed by atoms with E-state index in [1.165, 1.54) is 11.8 Å². The lowest BCUT2D eigenvalue weighted by Crippen LogP contribution is -2.27. The van der Waals surface area contributed by atoms with Crippen molar-refractivity contribution in [3.63, 3.8) is 0 Å². The fourth-order valence-electron chi connectivity index (χ4n) is 2.04. The van der Waals surface area contributed by atoms with Crippen LogP contribution in [0, 0.1) is 0 Å². The van der Waals surface area contributed by atoms with Crippen molar-refractivity contribution in [3.8, 4) is 5.75 Å². The standard InChI is InChI=1S/C21H24N2O4S/c1-21(2,3)27-20(25)14-26-17-11-9-16(10-12-17)13-22-23-19(24)15-28-18-7-5-4-6-8-18/h4-13H,14-15H2,1-3H3,(H,23,24)/b22-13-. The van der Waals surface area contributed by atoms with Gasteiger partial charge in [-0.3, -0.25) is 4.79 Å². The summed E-state index contributed by atoms with van der Waals surface area (Å²) in [6.45, 7) is 5.26. The van der Waals surface area contributed by atoms with Crippen molar-refractivity contribution >= 4 is 29.9 Å². The van der Waals surface area contributed by atoms with Crippen LogP contribution in [0.15, 0.2) is 64.6 Å². The predicted octanol–water partition coefficient (Wildman–Crippen LogP) is 3.65. The van der Waals surface area contributed by atoms with E-state index < -0.39 is 11.6 Å². The molecule has 1 N–H and O–H groups in total. The van der Waals surface area contributed by atoms with E-state index in [1.807, 2.05) is 30.3 Å². The summed E-state index contributed by atoms with van der Waals surface area (Å²) in [7, 11) is 0. The molecule has 1 amide bonds. The molecule has 2 aromatic carbocycles. The van der Waals surface area contributed by atoms with Crippen molar-refractivity contribution in [2.24, 2.45) is 5.10 Å². The summed E-state index contributed by atoms with van der Waals surface area (Å²) in [5, 5.41) is 3.95. The van der Waals surface area contributed by atoms with Gasteiger partial charge in [0, 0.05) is 4.90 Å². The van der Waals surface area contributed by atoms with Gasteiger partial charge in [-0.25, -0.2) is 10.2 Å². The lowest BCUT2D eigenvalue weighted by atomic mass is 10.2. The van der Waals surface area contributed by atoms with E-state index in [4.69, 9.17) is 9.47 Å². The smallest absolute Gasteiger partial charge is 0.344 e. The highest BCUT2D eigenvalue weighted by molar-refractivity contribution is 8.00. The highest BCUT2D eigenvalue weighted by Gasteiger charge is 2.16. The van der Waals surface area contributed by atoms with E-state index in [9.17, 15) is 9.59 Å². The lowest BCUT2D eigenvalue weighted by Gasteiger charge is -2.19. The molecule has 0 spiro atoms. The number of ether oxygens (including phenoxy) is 2. The molecule has 2 rings (SSSR count). The first-order valence-electron chi connectivity index (χ1n) is 8.76. The fourth-order valence-corrected chi connectivity index (χ4v) is 2.75. The second-order valence-electron chi connectivity index (χ2n) is 6.84. The zero-order valence-corrected chi connectivity index (χ0v) is 17.0. The molecular formula is C21H24N2O4S. The average Bonchev–Trinajstić information content (AvgIpc) is 2.65. The fraction of sp³-hybridized carbons (Fsp3) is 0.286. The lowest BCUT2D eigenvalue weighted by molar-refractivity contribution is -0.157. The van der Waals surface area contributed by atoms with E-state index in [2.05, 4.69) is 10.5 Å². The molecule has 0 saturated carbocycles. The molecule has 0 aromatic heterocycles. The Morgan fingerprint density at radius 1 is 1.07 bits per heavy atom. The molecule has 0 radical (unpaired) electrons. The van der Waals surface area contributed by atoms with Crippen molar-refractivity contribution in [1.29, 1.82) is 0 Å². The van der Waals surface area contributed by atoms with Crippen LogP contribution in [0.3, 0.4) is 0 Å². The van der Waals surface area contributed by atoms with Crippen molar-refractivity contribution in [3.05, 3.63) is 60.2 Å². The van der Waals surface area contributed by atoms with E-state index in [0.717, 1.165) is 10.5 Å². The van der Waals surface area contributed by atoms with Crippen molar-refractivity contribution in [1.82, 2.24) is 5.43 Å². The second-order valence-corrected chi connectivity index (χ2v) is 7.89. The number of nitrogens with one attached hydrogen (secondary N) is 1. The highest BCUT2D eigenvalue weighted by Crippen LogP contribution is 2.16. The summed E-state index contributed by atoms with van der Waals surface area (Å²) < 4.78 is 10.6. The number of hydrogen-bond donors (Lipinski definition) is 1. The minimum atomic E-state index is -0.537. The number of rotatable bonds is 8. The molecule has 0 bridgehead atoms. The molecule has 28 heavy (non-hydrogen) atoms. The molecule has 7 heteroatoms. The number of thioether (sulfide) groups is 1. The van der Waals surface area contributed by atoms with E-state index in [0.29, 0.717) is 11.5 Å². The van der Waals surface area contributed by atoms with Gasteiger partial charge in [0.2, 0.25) is 5.91 Å². The normalized spacial score (nSPS) is 11.2.